The van der Waals surface area contributed by atoms with Crippen LogP contribution in [0.15, 0.2) is 18.2 Å². The van der Waals surface area contributed by atoms with Crippen LogP contribution in [0.2, 0.25) is 0 Å². The molecule has 0 fully saturated rings. The van der Waals surface area contributed by atoms with Gasteiger partial charge in [-0.3, -0.25) is 0 Å². The molecule has 2 aromatic rings. The summed E-state index contributed by atoms with van der Waals surface area (Å²) < 4.78 is 28.6. The summed E-state index contributed by atoms with van der Waals surface area (Å²) in [5.41, 5.74) is 2.43. The molecule has 0 amide bonds. The SMILES string of the molecule is CCc1nn(-c2ccc(F)cc2F)c2c1CCCCN2. The molecule has 0 saturated heterocycles. The number of nitrogens with one attached hydrogen (secondary N) is 1. The Morgan fingerprint density at radius 3 is 2.90 bits per heavy atom. The summed E-state index contributed by atoms with van der Waals surface area (Å²) >= 11 is 0. The second kappa shape index (κ2) is 5.23. The molecule has 1 aliphatic heterocycles. The van der Waals surface area contributed by atoms with E-state index >= 15 is 0 Å². The van der Waals surface area contributed by atoms with E-state index in [9.17, 15) is 8.78 Å². The molecule has 0 radical (unpaired) electrons. The number of rotatable bonds is 2. The van der Waals surface area contributed by atoms with Gasteiger partial charge in [-0.2, -0.15) is 5.10 Å². The topological polar surface area (TPSA) is 29.9 Å². The second-order valence-electron chi connectivity index (χ2n) is 5.02. The van der Waals surface area contributed by atoms with Gasteiger partial charge in [0.15, 0.2) is 5.82 Å². The summed E-state index contributed by atoms with van der Waals surface area (Å²) in [5.74, 6) is -0.318. The van der Waals surface area contributed by atoms with Crippen molar-refractivity contribution in [3.63, 3.8) is 0 Å². The van der Waals surface area contributed by atoms with Crippen LogP contribution in [-0.4, -0.2) is 16.3 Å². The lowest BCUT2D eigenvalue weighted by molar-refractivity contribution is 0.573. The summed E-state index contributed by atoms with van der Waals surface area (Å²) in [5, 5.41) is 7.83. The predicted molar refractivity (Wildman–Crippen MR) is 74.3 cm³/mol. The zero-order valence-corrected chi connectivity index (χ0v) is 11.4. The first kappa shape index (κ1) is 13.1. The molecular weight excluding hydrogens is 260 g/mol. The van der Waals surface area contributed by atoms with Gasteiger partial charge in [0, 0.05) is 18.2 Å². The van der Waals surface area contributed by atoms with Gasteiger partial charge in [0.2, 0.25) is 0 Å². The van der Waals surface area contributed by atoms with Crippen molar-refractivity contribution in [3.8, 4) is 5.69 Å². The molecule has 20 heavy (non-hydrogen) atoms. The van der Waals surface area contributed by atoms with E-state index in [1.807, 2.05) is 6.92 Å². The highest BCUT2D eigenvalue weighted by Crippen LogP contribution is 2.29. The molecule has 0 saturated carbocycles. The largest absolute Gasteiger partial charge is 0.370 e. The summed E-state index contributed by atoms with van der Waals surface area (Å²) in [7, 11) is 0. The Bertz CT molecular complexity index is 634. The van der Waals surface area contributed by atoms with Crippen molar-refractivity contribution < 1.29 is 8.78 Å². The lowest BCUT2D eigenvalue weighted by Gasteiger charge is -2.10. The van der Waals surface area contributed by atoms with E-state index in [-0.39, 0.29) is 5.69 Å². The fourth-order valence-electron chi connectivity index (χ4n) is 2.68. The Hall–Kier alpha value is -1.91. The highest BCUT2D eigenvalue weighted by atomic mass is 19.1. The minimum atomic E-state index is -0.594. The van der Waals surface area contributed by atoms with Crippen molar-refractivity contribution in [1.29, 1.82) is 0 Å². The van der Waals surface area contributed by atoms with Gasteiger partial charge >= 0.3 is 0 Å². The molecule has 1 aromatic carbocycles. The van der Waals surface area contributed by atoms with Crippen molar-refractivity contribution in [3.05, 3.63) is 41.1 Å². The number of benzene rings is 1. The van der Waals surface area contributed by atoms with E-state index in [0.29, 0.717) is 0 Å². The average Bonchev–Trinajstić information content (AvgIpc) is 2.60. The molecule has 0 bridgehead atoms. The van der Waals surface area contributed by atoms with Crippen LogP contribution in [0.5, 0.6) is 0 Å². The van der Waals surface area contributed by atoms with Crippen molar-refractivity contribution >= 4 is 5.82 Å². The first-order chi connectivity index (χ1) is 9.70. The van der Waals surface area contributed by atoms with Gasteiger partial charge in [-0.15, -0.1) is 0 Å². The third-order valence-corrected chi connectivity index (χ3v) is 3.69. The molecule has 0 atom stereocenters. The van der Waals surface area contributed by atoms with Gasteiger partial charge < -0.3 is 5.32 Å². The Balaban J connectivity index is 2.16. The monoisotopic (exact) mass is 277 g/mol. The minimum Gasteiger partial charge on any atom is -0.370 e. The van der Waals surface area contributed by atoms with E-state index < -0.39 is 11.6 Å². The minimum absolute atomic E-state index is 0.289. The molecule has 1 N–H and O–H groups in total. The molecule has 0 aliphatic carbocycles. The number of fused-ring (bicyclic) bond motifs is 1. The average molecular weight is 277 g/mol. The molecule has 1 aromatic heterocycles. The molecular formula is C15H17F2N3. The molecule has 0 unspecified atom stereocenters. The van der Waals surface area contributed by atoms with E-state index in [2.05, 4.69) is 10.4 Å². The summed E-state index contributed by atoms with van der Waals surface area (Å²) in [4.78, 5) is 0. The van der Waals surface area contributed by atoms with Crippen LogP contribution >= 0.6 is 0 Å². The number of hydrogen-bond acceptors (Lipinski definition) is 2. The molecule has 1 aliphatic rings. The Labute approximate surface area is 116 Å². The van der Waals surface area contributed by atoms with Gasteiger partial charge in [0.05, 0.1) is 5.69 Å². The highest BCUT2D eigenvalue weighted by molar-refractivity contribution is 5.54. The fourth-order valence-corrected chi connectivity index (χ4v) is 2.68. The molecule has 3 rings (SSSR count). The quantitative estimate of drug-likeness (QED) is 0.911. The van der Waals surface area contributed by atoms with Crippen LogP contribution in [0.4, 0.5) is 14.6 Å². The maximum absolute atomic E-state index is 14.0. The summed E-state index contributed by atoms with van der Waals surface area (Å²) in [6.45, 7) is 2.89. The smallest absolute Gasteiger partial charge is 0.151 e. The van der Waals surface area contributed by atoms with Crippen LogP contribution in [-0.2, 0) is 12.8 Å². The van der Waals surface area contributed by atoms with E-state index in [1.54, 1.807) is 4.68 Å². The van der Waals surface area contributed by atoms with Crippen LogP contribution in [0, 0.1) is 11.6 Å². The van der Waals surface area contributed by atoms with Crippen LogP contribution in [0.3, 0.4) is 0 Å². The molecule has 0 spiro atoms. The maximum Gasteiger partial charge on any atom is 0.151 e. The maximum atomic E-state index is 14.0. The second-order valence-corrected chi connectivity index (χ2v) is 5.02. The first-order valence-corrected chi connectivity index (χ1v) is 7.00. The predicted octanol–water partition coefficient (Wildman–Crippen LogP) is 3.46. The normalized spacial score (nSPS) is 14.6. The third kappa shape index (κ3) is 2.17. The Morgan fingerprint density at radius 1 is 1.30 bits per heavy atom. The number of halogens is 2. The van der Waals surface area contributed by atoms with Gasteiger partial charge in [-0.25, -0.2) is 13.5 Å². The van der Waals surface area contributed by atoms with Crippen molar-refractivity contribution in [2.24, 2.45) is 0 Å². The van der Waals surface area contributed by atoms with Crippen LogP contribution in [0.1, 0.15) is 31.0 Å². The Morgan fingerprint density at radius 2 is 2.15 bits per heavy atom. The molecule has 106 valence electrons. The number of aromatic nitrogens is 2. The summed E-state index contributed by atoms with van der Waals surface area (Å²) in [6.07, 6.45) is 3.95. The number of hydrogen-bond donors (Lipinski definition) is 1. The number of anilines is 1. The zero-order valence-electron chi connectivity index (χ0n) is 11.4. The van der Waals surface area contributed by atoms with Gasteiger partial charge in [0.1, 0.15) is 17.3 Å². The van der Waals surface area contributed by atoms with Gasteiger partial charge in [-0.05, 0) is 37.8 Å². The number of aryl methyl sites for hydroxylation is 1. The van der Waals surface area contributed by atoms with Gasteiger partial charge in [-0.1, -0.05) is 6.92 Å². The molecule has 2 heterocycles. The first-order valence-electron chi connectivity index (χ1n) is 7.00. The third-order valence-electron chi connectivity index (χ3n) is 3.69. The highest BCUT2D eigenvalue weighted by Gasteiger charge is 2.21. The lowest BCUT2D eigenvalue weighted by Crippen LogP contribution is -2.08. The van der Waals surface area contributed by atoms with Crippen LogP contribution in [0.25, 0.3) is 5.69 Å². The van der Waals surface area contributed by atoms with Crippen molar-refractivity contribution in [2.75, 3.05) is 11.9 Å². The van der Waals surface area contributed by atoms with Crippen molar-refractivity contribution in [2.45, 2.75) is 32.6 Å². The molecule has 3 nitrogen and oxygen atoms in total. The zero-order chi connectivity index (χ0) is 14.1. The number of nitrogens with zero attached hydrogens (tertiary/aromatic N) is 2. The molecule has 5 heteroatoms. The van der Waals surface area contributed by atoms with Gasteiger partial charge in [0.25, 0.3) is 0 Å². The van der Waals surface area contributed by atoms with Crippen molar-refractivity contribution in [1.82, 2.24) is 9.78 Å². The lowest BCUT2D eigenvalue weighted by atomic mass is 10.1. The van der Waals surface area contributed by atoms with E-state index in [0.717, 1.165) is 55.4 Å². The summed E-state index contributed by atoms with van der Waals surface area (Å²) in [6, 6.07) is 3.59. The van der Waals surface area contributed by atoms with Crippen LogP contribution < -0.4 is 5.32 Å². The van der Waals surface area contributed by atoms with E-state index in [1.165, 1.54) is 12.1 Å². The standard InChI is InChI=1S/C15H17F2N3/c1-2-13-11-5-3-4-8-18-15(11)20(19-13)14-7-6-10(16)9-12(14)17/h6-7,9,18H,2-5,8H2,1H3. The van der Waals surface area contributed by atoms with E-state index in [4.69, 9.17) is 0 Å². The Kier molecular flexibility index (Phi) is 3.42. The fraction of sp³-hybridized carbons (Fsp3) is 0.400.